The maximum absolute atomic E-state index is 13.5. The Morgan fingerprint density at radius 3 is 2.56 bits per heavy atom. The van der Waals surface area contributed by atoms with Gasteiger partial charge in [0, 0.05) is 19.6 Å². The van der Waals surface area contributed by atoms with Gasteiger partial charge in [0.1, 0.15) is 11.5 Å². The Hall–Kier alpha value is -2.31. The number of halogens is 1. The van der Waals surface area contributed by atoms with Gasteiger partial charge in [0.15, 0.2) is 0 Å². The SMILES string of the molecule is CC1CN(S(=O)(=O)CCNC(=O)c2cc(F)cc([N+](=O)[O-])c2N)CC(C)O1. The summed E-state index contributed by atoms with van der Waals surface area (Å²) in [6.07, 6.45) is -0.489. The van der Waals surface area contributed by atoms with Crippen molar-refractivity contribution in [3.63, 3.8) is 0 Å². The predicted molar refractivity (Wildman–Crippen MR) is 95.2 cm³/mol. The largest absolute Gasteiger partial charge is 0.393 e. The number of amides is 1. The molecule has 1 amide bonds. The van der Waals surface area contributed by atoms with Gasteiger partial charge >= 0.3 is 0 Å². The van der Waals surface area contributed by atoms with Crippen molar-refractivity contribution < 1.29 is 27.3 Å². The average Bonchev–Trinajstić information content (AvgIpc) is 2.55. The normalized spacial score (nSPS) is 21.0. The molecule has 1 aromatic rings. The molecule has 3 N–H and O–H groups in total. The second-order valence-corrected chi connectivity index (χ2v) is 8.38. The number of morpholine rings is 1. The molecule has 1 saturated heterocycles. The number of nitrogens with one attached hydrogen (secondary N) is 1. The van der Waals surface area contributed by atoms with Crippen LogP contribution in [0.1, 0.15) is 24.2 Å². The molecule has 12 heteroatoms. The zero-order valence-electron chi connectivity index (χ0n) is 14.8. The molecule has 1 aliphatic rings. The summed E-state index contributed by atoms with van der Waals surface area (Å²) in [5.41, 5.74) is 3.91. The van der Waals surface area contributed by atoms with Gasteiger partial charge in [-0.25, -0.2) is 12.8 Å². The molecule has 1 fully saturated rings. The van der Waals surface area contributed by atoms with Crippen LogP contribution in [0.25, 0.3) is 0 Å². The number of nitrogens with zero attached hydrogens (tertiary/aromatic N) is 2. The molecule has 2 atom stereocenters. The molecule has 0 aliphatic carbocycles. The lowest BCUT2D eigenvalue weighted by Gasteiger charge is -2.34. The van der Waals surface area contributed by atoms with Crippen LogP contribution in [0.3, 0.4) is 0 Å². The fourth-order valence-corrected chi connectivity index (χ4v) is 4.31. The summed E-state index contributed by atoms with van der Waals surface area (Å²) >= 11 is 0. The van der Waals surface area contributed by atoms with Gasteiger partial charge < -0.3 is 15.8 Å². The van der Waals surface area contributed by atoms with Crippen molar-refractivity contribution >= 4 is 27.3 Å². The van der Waals surface area contributed by atoms with Crippen LogP contribution < -0.4 is 11.1 Å². The lowest BCUT2D eigenvalue weighted by Crippen LogP contribution is -2.49. The molecule has 0 spiro atoms. The summed E-state index contributed by atoms with van der Waals surface area (Å²) in [4.78, 5) is 22.1. The maximum Gasteiger partial charge on any atom is 0.295 e. The number of nitro groups is 1. The number of benzene rings is 1. The van der Waals surface area contributed by atoms with E-state index in [2.05, 4.69) is 5.32 Å². The smallest absolute Gasteiger partial charge is 0.295 e. The summed E-state index contributed by atoms with van der Waals surface area (Å²) in [5.74, 6) is -2.27. The molecule has 0 radical (unpaired) electrons. The van der Waals surface area contributed by atoms with E-state index in [4.69, 9.17) is 10.5 Å². The number of hydrogen-bond donors (Lipinski definition) is 2. The van der Waals surface area contributed by atoms with Crippen LogP contribution >= 0.6 is 0 Å². The minimum atomic E-state index is -3.64. The fraction of sp³-hybridized carbons (Fsp3) is 0.533. The molecule has 150 valence electrons. The minimum absolute atomic E-state index is 0.212. The minimum Gasteiger partial charge on any atom is -0.393 e. The van der Waals surface area contributed by atoms with Crippen LogP contribution in [0.4, 0.5) is 15.8 Å². The number of sulfonamides is 1. The molecule has 1 aliphatic heterocycles. The van der Waals surface area contributed by atoms with E-state index in [1.54, 1.807) is 13.8 Å². The average molecular weight is 404 g/mol. The van der Waals surface area contributed by atoms with Crippen molar-refractivity contribution in [2.45, 2.75) is 26.1 Å². The number of nitrogens with two attached hydrogens (primary N) is 1. The number of carbonyl (C=O) groups is 1. The standard InChI is InChI=1S/C15H21FN4O6S/c1-9-7-19(8-10(2)26-9)27(24,25)4-3-18-15(21)12-5-11(16)6-13(14(12)17)20(22)23/h5-6,9-10H,3-4,7-8,17H2,1-2H3,(H,18,21). The topological polar surface area (TPSA) is 145 Å². The van der Waals surface area contributed by atoms with Crippen molar-refractivity contribution in [2.75, 3.05) is 31.1 Å². The number of carbonyl (C=O) groups excluding carboxylic acids is 1. The second kappa shape index (κ2) is 8.15. The molecule has 27 heavy (non-hydrogen) atoms. The van der Waals surface area contributed by atoms with E-state index in [0.717, 1.165) is 6.07 Å². The van der Waals surface area contributed by atoms with E-state index in [1.807, 2.05) is 0 Å². The molecule has 1 heterocycles. The van der Waals surface area contributed by atoms with Gasteiger partial charge in [0.2, 0.25) is 10.0 Å². The Morgan fingerprint density at radius 2 is 2.00 bits per heavy atom. The van der Waals surface area contributed by atoms with Crippen LogP contribution in [0.2, 0.25) is 0 Å². The summed E-state index contributed by atoms with van der Waals surface area (Å²) in [5, 5.41) is 13.2. The van der Waals surface area contributed by atoms with E-state index in [0.29, 0.717) is 6.07 Å². The van der Waals surface area contributed by atoms with Gasteiger partial charge in [-0.2, -0.15) is 4.31 Å². The van der Waals surface area contributed by atoms with Gasteiger partial charge in [-0.15, -0.1) is 0 Å². The highest BCUT2D eigenvalue weighted by Gasteiger charge is 2.31. The van der Waals surface area contributed by atoms with Gasteiger partial charge in [-0.3, -0.25) is 14.9 Å². The predicted octanol–water partition coefficient (Wildman–Crippen LogP) is 0.485. The van der Waals surface area contributed by atoms with E-state index in [1.165, 1.54) is 4.31 Å². The highest BCUT2D eigenvalue weighted by Crippen LogP contribution is 2.26. The van der Waals surface area contributed by atoms with Crippen molar-refractivity contribution in [3.8, 4) is 0 Å². The second-order valence-electron chi connectivity index (χ2n) is 6.29. The number of hydrogen-bond acceptors (Lipinski definition) is 7. The Balaban J connectivity index is 2.03. The Bertz CT molecular complexity index is 837. The quantitative estimate of drug-likeness (QED) is 0.398. The lowest BCUT2D eigenvalue weighted by atomic mass is 10.1. The molecule has 1 aromatic carbocycles. The van der Waals surface area contributed by atoms with Crippen molar-refractivity contribution in [3.05, 3.63) is 33.6 Å². The number of rotatable bonds is 6. The Kier molecular flexibility index (Phi) is 6.34. The highest BCUT2D eigenvalue weighted by atomic mass is 32.2. The van der Waals surface area contributed by atoms with Crippen LogP contribution in [0.15, 0.2) is 12.1 Å². The van der Waals surface area contributed by atoms with Crippen LogP contribution in [-0.4, -0.2) is 61.1 Å². The molecule has 0 bridgehead atoms. The van der Waals surface area contributed by atoms with E-state index >= 15 is 0 Å². The zero-order chi connectivity index (χ0) is 20.4. The third-order valence-electron chi connectivity index (χ3n) is 3.99. The van der Waals surface area contributed by atoms with E-state index in [-0.39, 0.29) is 37.6 Å². The first-order chi connectivity index (χ1) is 12.5. The van der Waals surface area contributed by atoms with E-state index in [9.17, 15) is 27.7 Å². The van der Waals surface area contributed by atoms with Crippen LogP contribution in [0, 0.1) is 15.9 Å². The first kappa shape index (κ1) is 21.0. The van der Waals surface area contributed by atoms with E-state index < -0.39 is 43.6 Å². The highest BCUT2D eigenvalue weighted by molar-refractivity contribution is 7.89. The van der Waals surface area contributed by atoms with Crippen LogP contribution in [0.5, 0.6) is 0 Å². The summed E-state index contributed by atoms with van der Waals surface area (Å²) in [6.45, 7) is 3.69. The monoisotopic (exact) mass is 404 g/mol. The van der Waals surface area contributed by atoms with Crippen molar-refractivity contribution in [2.24, 2.45) is 0 Å². The molecule has 2 unspecified atom stereocenters. The Morgan fingerprint density at radius 1 is 1.41 bits per heavy atom. The summed E-state index contributed by atoms with van der Waals surface area (Å²) < 4.78 is 45.1. The molecule has 2 rings (SSSR count). The van der Waals surface area contributed by atoms with Gasteiger partial charge in [-0.05, 0) is 19.9 Å². The molecule has 0 aromatic heterocycles. The fourth-order valence-electron chi connectivity index (χ4n) is 2.82. The van der Waals surface area contributed by atoms with Crippen molar-refractivity contribution in [1.82, 2.24) is 9.62 Å². The first-order valence-corrected chi connectivity index (χ1v) is 9.77. The Labute approximate surface area is 155 Å². The number of ether oxygens (including phenoxy) is 1. The third kappa shape index (κ3) is 5.11. The number of anilines is 1. The molecular weight excluding hydrogens is 383 g/mol. The third-order valence-corrected chi connectivity index (χ3v) is 5.79. The van der Waals surface area contributed by atoms with Crippen LogP contribution in [-0.2, 0) is 14.8 Å². The molecule has 10 nitrogen and oxygen atoms in total. The van der Waals surface area contributed by atoms with Gasteiger partial charge in [0.25, 0.3) is 11.6 Å². The molecular formula is C15H21FN4O6S. The summed E-state index contributed by atoms with van der Waals surface area (Å²) in [6, 6.07) is 1.37. The van der Waals surface area contributed by atoms with Crippen molar-refractivity contribution in [1.29, 1.82) is 0 Å². The molecule has 0 saturated carbocycles. The number of nitrogen functional groups attached to an aromatic ring is 1. The number of nitro benzene ring substituents is 1. The van der Waals surface area contributed by atoms with Gasteiger partial charge in [-0.1, -0.05) is 0 Å². The lowest BCUT2D eigenvalue weighted by molar-refractivity contribution is -0.384. The van der Waals surface area contributed by atoms with Gasteiger partial charge in [0.05, 0.1) is 34.5 Å². The zero-order valence-corrected chi connectivity index (χ0v) is 15.7. The first-order valence-electron chi connectivity index (χ1n) is 8.16. The maximum atomic E-state index is 13.5. The summed E-state index contributed by atoms with van der Waals surface area (Å²) in [7, 11) is -3.64.